The first-order chi connectivity index (χ1) is 12.5. The molecule has 1 atom stereocenters. The molecule has 134 valence electrons. The number of ether oxygens (including phenoxy) is 1. The number of primary amides is 1. The predicted molar refractivity (Wildman–Crippen MR) is 93.5 cm³/mol. The average molecular weight is 354 g/mol. The van der Waals surface area contributed by atoms with Gasteiger partial charge in [-0.05, 0) is 25.8 Å². The SMILES string of the molecule is Cc1nc2cnc3nccc3c2c(C2CCCN(C(=O)OC(N)=O)C2)[nH]1. The summed E-state index contributed by atoms with van der Waals surface area (Å²) in [5.74, 6) is 0.818. The van der Waals surface area contributed by atoms with E-state index in [1.807, 2.05) is 13.0 Å². The summed E-state index contributed by atoms with van der Waals surface area (Å²) in [6.45, 7) is 2.84. The number of nitrogens with two attached hydrogens (primary N) is 1. The van der Waals surface area contributed by atoms with Crippen molar-refractivity contribution in [3.05, 3.63) is 30.0 Å². The lowest BCUT2D eigenvalue weighted by atomic mass is 9.91. The maximum absolute atomic E-state index is 12.0. The largest absolute Gasteiger partial charge is 0.418 e. The van der Waals surface area contributed by atoms with Gasteiger partial charge in [-0.25, -0.2) is 24.5 Å². The molecule has 1 fully saturated rings. The molecule has 0 aliphatic carbocycles. The van der Waals surface area contributed by atoms with Gasteiger partial charge < -0.3 is 20.4 Å². The van der Waals surface area contributed by atoms with E-state index in [1.165, 1.54) is 4.90 Å². The maximum atomic E-state index is 12.0. The van der Waals surface area contributed by atoms with Crippen LogP contribution >= 0.6 is 0 Å². The number of hydrogen-bond donors (Lipinski definition) is 2. The number of amides is 2. The summed E-state index contributed by atoms with van der Waals surface area (Å²) in [7, 11) is 0. The van der Waals surface area contributed by atoms with Crippen molar-refractivity contribution in [1.29, 1.82) is 0 Å². The lowest BCUT2D eigenvalue weighted by Gasteiger charge is -2.32. The molecule has 26 heavy (non-hydrogen) atoms. The van der Waals surface area contributed by atoms with E-state index in [2.05, 4.69) is 24.7 Å². The second kappa shape index (κ2) is 6.25. The van der Waals surface area contributed by atoms with Crippen LogP contribution in [-0.2, 0) is 4.74 Å². The zero-order chi connectivity index (χ0) is 18.3. The van der Waals surface area contributed by atoms with Crippen LogP contribution in [0.2, 0.25) is 0 Å². The van der Waals surface area contributed by atoms with Crippen LogP contribution in [0.15, 0.2) is 18.5 Å². The molecular formula is C17H18N6O3. The Hall–Kier alpha value is -3.23. The van der Waals surface area contributed by atoms with Crippen LogP contribution in [0.5, 0.6) is 0 Å². The van der Waals surface area contributed by atoms with Crippen molar-refractivity contribution in [2.45, 2.75) is 25.7 Å². The molecule has 4 heterocycles. The van der Waals surface area contributed by atoms with E-state index in [0.717, 1.165) is 40.6 Å². The molecule has 3 N–H and O–H groups in total. The molecule has 3 aromatic rings. The van der Waals surface area contributed by atoms with Gasteiger partial charge >= 0.3 is 12.2 Å². The second-order valence-corrected chi connectivity index (χ2v) is 6.41. The number of aryl methyl sites for hydroxylation is 1. The topological polar surface area (TPSA) is 127 Å². The van der Waals surface area contributed by atoms with Gasteiger partial charge in [-0.3, -0.25) is 0 Å². The first kappa shape index (κ1) is 16.2. The number of carbonyl (C=O) groups is 2. The molecule has 2 amide bonds. The summed E-state index contributed by atoms with van der Waals surface area (Å²) in [4.78, 5) is 40.9. The number of hydrogen-bond acceptors (Lipinski definition) is 6. The summed E-state index contributed by atoms with van der Waals surface area (Å²) in [5, 5.41) is 1.89. The van der Waals surface area contributed by atoms with Gasteiger partial charge in [-0.15, -0.1) is 0 Å². The van der Waals surface area contributed by atoms with Crippen molar-refractivity contribution in [3.8, 4) is 0 Å². The standard InChI is InChI=1S/C17H18N6O3/c1-9-21-12-7-20-15-11(4-5-19-15)13(12)14(22-9)10-3-2-6-23(8-10)17(25)26-16(18)24/h4-5,7,10H,2-3,6,8H2,1H3,(H2,18,24)(H,21,22). The molecule has 3 aromatic heterocycles. The zero-order valence-electron chi connectivity index (χ0n) is 14.2. The first-order valence-electron chi connectivity index (χ1n) is 8.39. The Kier molecular flexibility index (Phi) is 3.90. The number of nitrogens with one attached hydrogen (secondary N) is 1. The molecule has 9 nitrogen and oxygen atoms in total. The quantitative estimate of drug-likeness (QED) is 0.645. The zero-order valence-corrected chi connectivity index (χ0v) is 14.2. The van der Waals surface area contributed by atoms with Crippen LogP contribution in [0.1, 0.15) is 30.3 Å². The van der Waals surface area contributed by atoms with E-state index in [0.29, 0.717) is 18.7 Å². The summed E-state index contributed by atoms with van der Waals surface area (Å²) in [6, 6.07) is 1.92. The van der Waals surface area contributed by atoms with Gasteiger partial charge in [0.05, 0.1) is 11.7 Å². The van der Waals surface area contributed by atoms with Gasteiger partial charge in [0.25, 0.3) is 0 Å². The molecule has 4 rings (SSSR count). The average Bonchev–Trinajstić information content (AvgIpc) is 3.09. The van der Waals surface area contributed by atoms with Gasteiger partial charge in [-0.2, -0.15) is 0 Å². The number of carbonyl (C=O) groups excluding carboxylic acids is 2. The summed E-state index contributed by atoms with van der Waals surface area (Å²) in [6.07, 6.45) is 3.33. The molecule has 0 bridgehead atoms. The predicted octanol–water partition coefficient (Wildman–Crippen LogP) is 2.21. The number of rotatable bonds is 1. The number of likely N-dealkylation sites (tertiary alicyclic amines) is 1. The van der Waals surface area contributed by atoms with Crippen molar-refractivity contribution >= 4 is 34.1 Å². The van der Waals surface area contributed by atoms with E-state index in [9.17, 15) is 9.59 Å². The molecule has 1 unspecified atom stereocenters. The Bertz CT molecular complexity index is 1010. The molecule has 1 aliphatic rings. The van der Waals surface area contributed by atoms with E-state index in [1.54, 1.807) is 12.4 Å². The molecular weight excluding hydrogens is 336 g/mol. The minimum atomic E-state index is -1.09. The fourth-order valence-corrected chi connectivity index (χ4v) is 3.62. The van der Waals surface area contributed by atoms with Gasteiger partial charge in [0.15, 0.2) is 5.65 Å². The number of aromatic amines is 1. The minimum Gasteiger partial charge on any atom is -0.359 e. The van der Waals surface area contributed by atoms with Crippen molar-refractivity contribution in [2.75, 3.05) is 13.1 Å². The summed E-state index contributed by atoms with van der Waals surface area (Å²) in [5.41, 5.74) is 7.39. The van der Waals surface area contributed by atoms with Crippen LogP contribution in [0, 0.1) is 6.92 Å². The third kappa shape index (κ3) is 2.81. The maximum Gasteiger partial charge on any atom is 0.418 e. The normalized spacial score (nSPS) is 17.6. The molecule has 1 saturated heterocycles. The molecule has 0 radical (unpaired) electrons. The fraction of sp³-hybridized carbons (Fsp3) is 0.353. The second-order valence-electron chi connectivity index (χ2n) is 6.41. The lowest BCUT2D eigenvalue weighted by Crippen LogP contribution is -2.41. The Morgan fingerprint density at radius 1 is 1.38 bits per heavy atom. The number of fused-ring (bicyclic) bond motifs is 3. The Labute approximate surface area is 148 Å². The van der Waals surface area contributed by atoms with Crippen LogP contribution in [0.25, 0.3) is 21.9 Å². The van der Waals surface area contributed by atoms with Crippen molar-refractivity contribution in [1.82, 2.24) is 24.8 Å². The van der Waals surface area contributed by atoms with Crippen molar-refractivity contribution in [2.24, 2.45) is 5.73 Å². The number of pyridine rings is 1. The van der Waals surface area contributed by atoms with Crippen LogP contribution in [0.3, 0.4) is 0 Å². The Morgan fingerprint density at radius 2 is 2.23 bits per heavy atom. The van der Waals surface area contributed by atoms with E-state index < -0.39 is 12.2 Å². The number of H-pyrrole nitrogens is 1. The van der Waals surface area contributed by atoms with Crippen LogP contribution in [-0.4, -0.2) is 50.1 Å². The third-order valence-corrected chi connectivity index (χ3v) is 4.66. The van der Waals surface area contributed by atoms with E-state index >= 15 is 0 Å². The number of piperidine rings is 1. The van der Waals surface area contributed by atoms with E-state index in [4.69, 9.17) is 5.73 Å². The summed E-state index contributed by atoms with van der Waals surface area (Å²) >= 11 is 0. The Balaban J connectivity index is 1.77. The molecule has 0 saturated carbocycles. The molecule has 9 heteroatoms. The molecule has 1 aliphatic heterocycles. The smallest absolute Gasteiger partial charge is 0.359 e. The third-order valence-electron chi connectivity index (χ3n) is 4.66. The number of nitrogens with zero attached hydrogens (tertiary/aromatic N) is 4. The minimum absolute atomic E-state index is 0.0499. The van der Waals surface area contributed by atoms with Gasteiger partial charge in [0, 0.05) is 41.7 Å². The van der Waals surface area contributed by atoms with Crippen LogP contribution in [0.4, 0.5) is 9.59 Å². The highest BCUT2D eigenvalue weighted by atomic mass is 16.6. The Morgan fingerprint density at radius 3 is 3.04 bits per heavy atom. The van der Waals surface area contributed by atoms with Crippen molar-refractivity contribution in [3.63, 3.8) is 0 Å². The van der Waals surface area contributed by atoms with Crippen LogP contribution < -0.4 is 5.73 Å². The number of aromatic nitrogens is 4. The van der Waals surface area contributed by atoms with Gasteiger partial charge in [0.1, 0.15) is 5.82 Å². The first-order valence-corrected chi connectivity index (χ1v) is 8.39. The fourth-order valence-electron chi connectivity index (χ4n) is 3.62. The highest BCUT2D eigenvalue weighted by Crippen LogP contribution is 2.33. The summed E-state index contributed by atoms with van der Waals surface area (Å²) < 4.78 is 4.53. The highest BCUT2D eigenvalue weighted by Gasteiger charge is 2.29. The van der Waals surface area contributed by atoms with E-state index in [-0.39, 0.29) is 5.92 Å². The van der Waals surface area contributed by atoms with Gasteiger partial charge in [-0.1, -0.05) is 0 Å². The van der Waals surface area contributed by atoms with Gasteiger partial charge in [0.2, 0.25) is 0 Å². The van der Waals surface area contributed by atoms with Crippen molar-refractivity contribution < 1.29 is 14.3 Å². The lowest BCUT2D eigenvalue weighted by molar-refractivity contribution is 0.111. The monoisotopic (exact) mass is 354 g/mol. The highest BCUT2D eigenvalue weighted by molar-refractivity contribution is 6.04. The molecule has 0 spiro atoms. The molecule has 0 aromatic carbocycles.